The molecule has 1 N–H and O–H groups in total. The van der Waals surface area contributed by atoms with Crippen LogP contribution in [0.4, 0.5) is 5.69 Å². The minimum Gasteiger partial charge on any atom is -0.322 e. The summed E-state index contributed by atoms with van der Waals surface area (Å²) in [7, 11) is 0. The van der Waals surface area contributed by atoms with Gasteiger partial charge in [-0.15, -0.1) is 0 Å². The maximum absolute atomic E-state index is 11.2. The van der Waals surface area contributed by atoms with Gasteiger partial charge in [0.2, 0.25) is 5.91 Å². The van der Waals surface area contributed by atoms with Gasteiger partial charge in [0.1, 0.15) is 0 Å². The van der Waals surface area contributed by atoms with Crippen LogP contribution in [0.2, 0.25) is 5.02 Å². The fourth-order valence-electron chi connectivity index (χ4n) is 1.07. The summed E-state index contributed by atoms with van der Waals surface area (Å²) in [5.74, 6) is -0.141. The van der Waals surface area contributed by atoms with Gasteiger partial charge in [-0.05, 0) is 37.6 Å². The minimum atomic E-state index is -0.141. The Morgan fingerprint density at radius 2 is 2.21 bits per heavy atom. The lowest BCUT2D eigenvalue weighted by Gasteiger charge is -2.07. The minimum absolute atomic E-state index is 0.141. The lowest BCUT2D eigenvalue weighted by Crippen LogP contribution is -2.08. The molecule has 3 heteroatoms. The Hall–Kier alpha value is -1.28. The lowest BCUT2D eigenvalue weighted by atomic mass is 10.2. The summed E-state index contributed by atoms with van der Waals surface area (Å²) in [4.78, 5) is 11.2. The molecule has 74 valence electrons. The van der Waals surface area contributed by atoms with Crippen molar-refractivity contribution in [1.29, 1.82) is 0 Å². The average molecular weight is 210 g/mol. The zero-order chi connectivity index (χ0) is 10.6. The van der Waals surface area contributed by atoms with Crippen molar-refractivity contribution in [3.05, 3.63) is 40.9 Å². The Labute approximate surface area is 88.6 Å². The van der Waals surface area contributed by atoms with Gasteiger partial charge in [-0.1, -0.05) is 23.7 Å². The lowest BCUT2D eigenvalue weighted by molar-refractivity contribution is -0.111. The van der Waals surface area contributed by atoms with Gasteiger partial charge in [-0.2, -0.15) is 0 Å². The molecule has 1 amide bonds. The molecule has 1 aromatic carbocycles. The average Bonchev–Trinajstić information content (AvgIpc) is 2.13. The zero-order valence-corrected chi connectivity index (χ0v) is 8.93. The van der Waals surface area contributed by atoms with Gasteiger partial charge < -0.3 is 5.32 Å². The first-order valence-electron chi connectivity index (χ1n) is 4.34. The number of allylic oxidation sites excluding steroid dienone is 1. The highest BCUT2D eigenvalue weighted by molar-refractivity contribution is 6.31. The highest BCUT2D eigenvalue weighted by Gasteiger charge is 2.03. The molecule has 1 aromatic rings. The first-order valence-corrected chi connectivity index (χ1v) is 4.71. The summed E-state index contributed by atoms with van der Waals surface area (Å²) in [5, 5.41) is 3.40. The number of anilines is 1. The first kappa shape index (κ1) is 10.8. The highest BCUT2D eigenvalue weighted by atomic mass is 35.5. The number of benzene rings is 1. The predicted octanol–water partition coefficient (Wildman–Crippen LogP) is 3.16. The molecule has 0 aliphatic carbocycles. The fourth-order valence-corrected chi connectivity index (χ4v) is 1.24. The van der Waals surface area contributed by atoms with Crippen molar-refractivity contribution in [2.45, 2.75) is 13.8 Å². The van der Waals surface area contributed by atoms with Crippen molar-refractivity contribution >= 4 is 23.2 Å². The van der Waals surface area contributed by atoms with Gasteiger partial charge in [0.05, 0.1) is 0 Å². The van der Waals surface area contributed by atoms with Crippen molar-refractivity contribution in [3.8, 4) is 0 Å². The molecule has 0 saturated carbocycles. The SMILES string of the molecule is CC=CC(=O)Nc1cccc(Cl)c1C. The number of hydrogen-bond acceptors (Lipinski definition) is 1. The Kier molecular flexibility index (Phi) is 3.72. The molecule has 2 nitrogen and oxygen atoms in total. The first-order chi connectivity index (χ1) is 6.65. The van der Waals surface area contributed by atoms with Crippen molar-refractivity contribution in [2.75, 3.05) is 5.32 Å². The van der Waals surface area contributed by atoms with E-state index in [1.54, 1.807) is 25.1 Å². The Balaban J connectivity index is 2.87. The largest absolute Gasteiger partial charge is 0.322 e. The van der Waals surface area contributed by atoms with Crippen LogP contribution in [-0.2, 0) is 4.79 Å². The van der Waals surface area contributed by atoms with E-state index in [0.29, 0.717) is 5.02 Å². The third-order valence-corrected chi connectivity index (χ3v) is 2.25. The molecule has 0 spiro atoms. The quantitative estimate of drug-likeness (QED) is 0.745. The fraction of sp³-hybridized carbons (Fsp3) is 0.182. The van der Waals surface area contributed by atoms with E-state index in [-0.39, 0.29) is 5.91 Å². The number of nitrogens with one attached hydrogen (secondary N) is 1. The van der Waals surface area contributed by atoms with Crippen molar-refractivity contribution in [2.24, 2.45) is 0 Å². The maximum atomic E-state index is 11.2. The highest BCUT2D eigenvalue weighted by Crippen LogP contribution is 2.22. The van der Waals surface area contributed by atoms with Gasteiger partial charge in [-0.25, -0.2) is 0 Å². The van der Waals surface area contributed by atoms with Crippen LogP contribution >= 0.6 is 11.6 Å². The molecule has 1 rings (SSSR count). The number of halogens is 1. The zero-order valence-electron chi connectivity index (χ0n) is 8.17. The van der Waals surface area contributed by atoms with Crippen molar-refractivity contribution < 1.29 is 4.79 Å². The van der Waals surface area contributed by atoms with Crippen LogP contribution in [0.1, 0.15) is 12.5 Å². The van der Waals surface area contributed by atoms with Crippen LogP contribution < -0.4 is 5.32 Å². The maximum Gasteiger partial charge on any atom is 0.248 e. The Bertz CT molecular complexity index is 372. The summed E-state index contributed by atoms with van der Waals surface area (Å²) in [6.45, 7) is 3.66. The van der Waals surface area contributed by atoms with E-state index in [4.69, 9.17) is 11.6 Å². The van der Waals surface area contributed by atoms with E-state index in [0.717, 1.165) is 11.3 Å². The molecule has 0 aliphatic heterocycles. The summed E-state index contributed by atoms with van der Waals surface area (Å²) >= 11 is 5.91. The van der Waals surface area contributed by atoms with E-state index in [1.165, 1.54) is 6.08 Å². The van der Waals surface area contributed by atoms with Crippen molar-refractivity contribution in [1.82, 2.24) is 0 Å². The number of rotatable bonds is 2. The summed E-state index contributed by atoms with van der Waals surface area (Å²) < 4.78 is 0. The molecular weight excluding hydrogens is 198 g/mol. The van der Waals surface area contributed by atoms with Gasteiger partial charge in [0.15, 0.2) is 0 Å². The van der Waals surface area contributed by atoms with E-state index in [1.807, 2.05) is 13.0 Å². The normalized spacial score (nSPS) is 10.5. The molecule has 0 aliphatic rings. The van der Waals surface area contributed by atoms with E-state index >= 15 is 0 Å². The summed E-state index contributed by atoms with van der Waals surface area (Å²) in [5.41, 5.74) is 1.63. The van der Waals surface area contributed by atoms with Crippen LogP contribution in [0.5, 0.6) is 0 Å². The van der Waals surface area contributed by atoms with Crippen molar-refractivity contribution in [3.63, 3.8) is 0 Å². The van der Waals surface area contributed by atoms with Gasteiger partial charge in [-0.3, -0.25) is 4.79 Å². The second-order valence-corrected chi connectivity index (χ2v) is 3.31. The molecule has 0 saturated heterocycles. The van der Waals surface area contributed by atoms with Crippen LogP contribution in [0.25, 0.3) is 0 Å². The number of amides is 1. The Morgan fingerprint density at radius 1 is 1.50 bits per heavy atom. The van der Waals surface area contributed by atoms with E-state index in [9.17, 15) is 4.79 Å². The smallest absolute Gasteiger partial charge is 0.248 e. The second-order valence-electron chi connectivity index (χ2n) is 2.90. The van der Waals surface area contributed by atoms with Crippen LogP contribution in [-0.4, -0.2) is 5.91 Å². The third kappa shape index (κ3) is 2.60. The molecule has 0 bridgehead atoms. The number of carbonyl (C=O) groups is 1. The topological polar surface area (TPSA) is 29.1 Å². The molecule has 14 heavy (non-hydrogen) atoms. The number of hydrogen-bond donors (Lipinski definition) is 1. The van der Waals surface area contributed by atoms with Crippen LogP contribution in [0.15, 0.2) is 30.4 Å². The molecule has 0 unspecified atom stereocenters. The summed E-state index contributed by atoms with van der Waals surface area (Å²) in [6.07, 6.45) is 3.16. The molecule has 0 aromatic heterocycles. The number of carbonyl (C=O) groups excluding carboxylic acids is 1. The van der Waals surface area contributed by atoms with E-state index < -0.39 is 0 Å². The van der Waals surface area contributed by atoms with Gasteiger partial charge in [0.25, 0.3) is 0 Å². The van der Waals surface area contributed by atoms with Gasteiger partial charge >= 0.3 is 0 Å². The summed E-state index contributed by atoms with van der Waals surface area (Å²) in [6, 6.07) is 5.42. The van der Waals surface area contributed by atoms with Crippen LogP contribution in [0.3, 0.4) is 0 Å². The molecule has 0 fully saturated rings. The predicted molar refractivity (Wildman–Crippen MR) is 59.6 cm³/mol. The second kappa shape index (κ2) is 4.82. The third-order valence-electron chi connectivity index (χ3n) is 1.84. The molecule has 0 heterocycles. The Morgan fingerprint density at radius 3 is 2.86 bits per heavy atom. The van der Waals surface area contributed by atoms with Gasteiger partial charge in [0, 0.05) is 10.7 Å². The van der Waals surface area contributed by atoms with Crippen LogP contribution in [0, 0.1) is 6.92 Å². The standard InChI is InChI=1S/C11H12ClNO/c1-3-5-11(14)13-10-7-4-6-9(12)8(10)2/h3-7H,1-2H3,(H,13,14). The molecular formula is C11H12ClNO. The molecule has 0 atom stereocenters. The molecule has 0 radical (unpaired) electrons. The monoisotopic (exact) mass is 209 g/mol. The van der Waals surface area contributed by atoms with E-state index in [2.05, 4.69) is 5.32 Å².